The third-order valence-electron chi connectivity index (χ3n) is 4.12. The molecule has 0 spiro atoms. The third kappa shape index (κ3) is 6.12. The Kier molecular flexibility index (Phi) is 9.44. The van der Waals surface area contributed by atoms with Crippen LogP contribution < -0.4 is 9.47 Å². The van der Waals surface area contributed by atoms with Crippen molar-refractivity contribution >= 4 is 11.8 Å². The van der Waals surface area contributed by atoms with E-state index in [0.717, 1.165) is 54.5 Å². The smallest absolute Gasteiger partial charge is 0.191 e. The summed E-state index contributed by atoms with van der Waals surface area (Å²) in [5, 5.41) is 18.6. The molecule has 27 heavy (non-hydrogen) atoms. The molecule has 0 unspecified atom stereocenters. The molecule has 0 atom stereocenters. The van der Waals surface area contributed by atoms with Gasteiger partial charge in [0.2, 0.25) is 0 Å². The Labute approximate surface area is 165 Å². The molecule has 0 aliphatic heterocycles. The molecule has 0 aliphatic rings. The second kappa shape index (κ2) is 11.8. The lowest BCUT2D eigenvalue weighted by atomic mass is 10.2. The standard InChI is InChI=1S/C19H29N3O4S/c1-24-12-7-10-22-18(15-8-9-16(25-2)17(14-15)26-3)20-21-19(22)27-13-6-4-5-11-23/h8-9,14,23H,4-7,10-13H2,1-3H3. The summed E-state index contributed by atoms with van der Waals surface area (Å²) in [4.78, 5) is 0. The van der Waals surface area contributed by atoms with Crippen LogP contribution in [0.1, 0.15) is 25.7 Å². The van der Waals surface area contributed by atoms with Gasteiger partial charge in [-0.05, 0) is 37.5 Å². The van der Waals surface area contributed by atoms with Crippen molar-refractivity contribution in [2.75, 3.05) is 40.3 Å². The Balaban J connectivity index is 2.21. The van der Waals surface area contributed by atoms with Crippen molar-refractivity contribution in [1.82, 2.24) is 14.8 Å². The van der Waals surface area contributed by atoms with Crippen LogP contribution in [0.4, 0.5) is 0 Å². The maximum absolute atomic E-state index is 8.89. The zero-order valence-corrected chi connectivity index (χ0v) is 17.1. The average molecular weight is 396 g/mol. The predicted molar refractivity (Wildman–Crippen MR) is 107 cm³/mol. The lowest BCUT2D eigenvalue weighted by Crippen LogP contribution is -2.05. The maximum atomic E-state index is 8.89. The van der Waals surface area contributed by atoms with Crippen molar-refractivity contribution < 1.29 is 19.3 Å². The number of aliphatic hydroxyl groups excluding tert-OH is 1. The zero-order valence-electron chi connectivity index (χ0n) is 16.3. The van der Waals surface area contributed by atoms with Gasteiger partial charge in [-0.1, -0.05) is 18.2 Å². The van der Waals surface area contributed by atoms with Gasteiger partial charge in [0.25, 0.3) is 0 Å². The largest absolute Gasteiger partial charge is 0.493 e. The minimum absolute atomic E-state index is 0.251. The number of nitrogens with zero attached hydrogens (tertiary/aromatic N) is 3. The SMILES string of the molecule is COCCCn1c(SCCCCCO)nnc1-c1ccc(OC)c(OC)c1. The van der Waals surface area contributed by atoms with Crippen LogP contribution in [0.25, 0.3) is 11.4 Å². The van der Waals surface area contributed by atoms with Crippen LogP contribution >= 0.6 is 11.8 Å². The molecule has 2 rings (SSSR count). The first-order valence-electron chi connectivity index (χ1n) is 9.13. The first kappa shape index (κ1) is 21.5. The van der Waals surface area contributed by atoms with Crippen molar-refractivity contribution in [3.8, 4) is 22.9 Å². The van der Waals surface area contributed by atoms with Gasteiger partial charge in [0.15, 0.2) is 22.5 Å². The molecule has 1 aromatic carbocycles. The molecule has 150 valence electrons. The molecule has 0 saturated carbocycles. The molecule has 0 fully saturated rings. The maximum Gasteiger partial charge on any atom is 0.191 e. The number of aliphatic hydroxyl groups is 1. The lowest BCUT2D eigenvalue weighted by Gasteiger charge is -2.12. The molecule has 0 aliphatic carbocycles. The molecule has 0 bridgehead atoms. The van der Waals surface area contributed by atoms with Gasteiger partial charge >= 0.3 is 0 Å². The van der Waals surface area contributed by atoms with Gasteiger partial charge in [-0.3, -0.25) is 0 Å². The molecule has 2 aromatic rings. The Morgan fingerprint density at radius 2 is 1.81 bits per heavy atom. The van der Waals surface area contributed by atoms with Crippen LogP contribution in [0.5, 0.6) is 11.5 Å². The Morgan fingerprint density at radius 3 is 2.52 bits per heavy atom. The van der Waals surface area contributed by atoms with E-state index in [1.54, 1.807) is 33.1 Å². The normalized spacial score (nSPS) is 11.0. The summed E-state index contributed by atoms with van der Waals surface area (Å²) in [6.07, 6.45) is 3.79. The molecular formula is C19H29N3O4S. The van der Waals surface area contributed by atoms with Gasteiger partial charge in [-0.25, -0.2) is 0 Å². The second-order valence-corrected chi connectivity index (χ2v) is 7.07. The lowest BCUT2D eigenvalue weighted by molar-refractivity contribution is 0.189. The quantitative estimate of drug-likeness (QED) is 0.412. The van der Waals surface area contributed by atoms with E-state index in [4.69, 9.17) is 19.3 Å². The van der Waals surface area contributed by atoms with Crippen LogP contribution in [0, 0.1) is 0 Å². The summed E-state index contributed by atoms with van der Waals surface area (Å²) in [5.74, 6) is 3.11. The van der Waals surface area contributed by atoms with E-state index in [1.165, 1.54) is 0 Å². The molecule has 0 amide bonds. The molecule has 1 heterocycles. The van der Waals surface area contributed by atoms with Crippen molar-refractivity contribution in [2.24, 2.45) is 0 Å². The highest BCUT2D eigenvalue weighted by Gasteiger charge is 2.16. The fraction of sp³-hybridized carbons (Fsp3) is 0.579. The summed E-state index contributed by atoms with van der Waals surface area (Å²) in [6.45, 7) is 1.72. The van der Waals surface area contributed by atoms with Crippen LogP contribution in [0.2, 0.25) is 0 Å². The molecule has 0 saturated heterocycles. The fourth-order valence-electron chi connectivity index (χ4n) is 2.71. The van der Waals surface area contributed by atoms with Crippen LogP contribution in [-0.4, -0.2) is 60.2 Å². The third-order valence-corrected chi connectivity index (χ3v) is 5.18. The predicted octanol–water partition coefficient (Wildman–Crippen LogP) is 3.25. The zero-order chi connectivity index (χ0) is 19.5. The fourth-order valence-corrected chi connectivity index (χ4v) is 3.67. The number of thioether (sulfide) groups is 1. The number of methoxy groups -OCH3 is 3. The summed E-state index contributed by atoms with van der Waals surface area (Å²) < 4.78 is 18.1. The molecule has 7 nitrogen and oxygen atoms in total. The number of aromatic nitrogens is 3. The van der Waals surface area contributed by atoms with Crippen LogP contribution in [0.15, 0.2) is 23.4 Å². The average Bonchev–Trinajstić information content (AvgIpc) is 3.10. The molecule has 1 aromatic heterocycles. The van der Waals surface area contributed by atoms with Crippen LogP contribution in [-0.2, 0) is 11.3 Å². The van der Waals surface area contributed by atoms with Gasteiger partial charge < -0.3 is 23.9 Å². The molecular weight excluding hydrogens is 366 g/mol. The minimum Gasteiger partial charge on any atom is -0.493 e. The minimum atomic E-state index is 0.251. The van der Waals surface area contributed by atoms with E-state index < -0.39 is 0 Å². The first-order valence-corrected chi connectivity index (χ1v) is 10.1. The van der Waals surface area contributed by atoms with Crippen molar-refractivity contribution in [2.45, 2.75) is 37.4 Å². The molecule has 1 N–H and O–H groups in total. The van der Waals surface area contributed by atoms with E-state index >= 15 is 0 Å². The number of rotatable bonds is 13. The highest BCUT2D eigenvalue weighted by atomic mass is 32.2. The van der Waals surface area contributed by atoms with E-state index in [0.29, 0.717) is 18.1 Å². The Hall–Kier alpha value is -1.77. The van der Waals surface area contributed by atoms with E-state index in [-0.39, 0.29) is 6.61 Å². The number of hydrogen-bond donors (Lipinski definition) is 1. The Morgan fingerprint density at radius 1 is 1.00 bits per heavy atom. The van der Waals surface area contributed by atoms with Gasteiger partial charge in [0.1, 0.15) is 0 Å². The van der Waals surface area contributed by atoms with E-state index in [9.17, 15) is 0 Å². The summed E-state index contributed by atoms with van der Waals surface area (Å²) in [5.41, 5.74) is 0.935. The number of benzene rings is 1. The molecule has 0 radical (unpaired) electrons. The highest BCUT2D eigenvalue weighted by Crippen LogP contribution is 2.33. The van der Waals surface area contributed by atoms with Crippen LogP contribution in [0.3, 0.4) is 0 Å². The number of hydrogen-bond acceptors (Lipinski definition) is 7. The van der Waals surface area contributed by atoms with Gasteiger partial charge in [-0.15, -0.1) is 10.2 Å². The summed E-state index contributed by atoms with van der Waals surface area (Å²) in [7, 11) is 4.95. The topological polar surface area (TPSA) is 78.6 Å². The summed E-state index contributed by atoms with van der Waals surface area (Å²) >= 11 is 1.70. The van der Waals surface area contributed by atoms with E-state index in [1.807, 2.05) is 18.2 Å². The van der Waals surface area contributed by atoms with Crippen molar-refractivity contribution in [3.05, 3.63) is 18.2 Å². The van der Waals surface area contributed by atoms with Crippen molar-refractivity contribution in [3.63, 3.8) is 0 Å². The first-order chi connectivity index (χ1) is 13.2. The van der Waals surface area contributed by atoms with E-state index in [2.05, 4.69) is 14.8 Å². The number of ether oxygens (including phenoxy) is 3. The highest BCUT2D eigenvalue weighted by molar-refractivity contribution is 7.99. The number of unbranched alkanes of at least 4 members (excludes halogenated alkanes) is 2. The van der Waals surface area contributed by atoms with Gasteiger partial charge in [0, 0.05) is 38.2 Å². The Bertz CT molecular complexity index is 694. The second-order valence-electron chi connectivity index (χ2n) is 6.01. The van der Waals surface area contributed by atoms with Gasteiger partial charge in [0.05, 0.1) is 14.2 Å². The summed E-state index contributed by atoms with van der Waals surface area (Å²) in [6, 6.07) is 5.77. The monoisotopic (exact) mass is 395 g/mol. The van der Waals surface area contributed by atoms with Gasteiger partial charge in [-0.2, -0.15) is 0 Å². The van der Waals surface area contributed by atoms with Crippen molar-refractivity contribution in [1.29, 1.82) is 0 Å². The molecule has 8 heteroatoms.